The number of hydrogen-bond donors (Lipinski definition) is 2. The Morgan fingerprint density at radius 2 is 1.72 bits per heavy atom. The Bertz CT molecular complexity index is 1260. The first-order valence-corrected chi connectivity index (χ1v) is 11.2. The van der Waals surface area contributed by atoms with Crippen LogP contribution in [0.3, 0.4) is 0 Å². The maximum absolute atomic E-state index is 9.82. The summed E-state index contributed by atoms with van der Waals surface area (Å²) in [6, 6.07) is 4.26. The molecule has 0 bridgehead atoms. The van der Waals surface area contributed by atoms with Gasteiger partial charge in [0, 0.05) is 58.5 Å². The Balaban J connectivity index is 1.97. The lowest BCUT2D eigenvalue weighted by molar-refractivity contribution is 0.197. The summed E-state index contributed by atoms with van der Waals surface area (Å²) >= 11 is 0. The van der Waals surface area contributed by atoms with Gasteiger partial charge in [-0.2, -0.15) is 10.5 Å². The molecule has 0 saturated heterocycles. The van der Waals surface area contributed by atoms with E-state index in [-0.39, 0.29) is 11.4 Å². The predicted octanol–water partition coefficient (Wildman–Crippen LogP) is 3.42. The predicted molar refractivity (Wildman–Crippen MR) is 132 cm³/mol. The molecule has 0 atom stereocenters. The van der Waals surface area contributed by atoms with Crippen molar-refractivity contribution in [1.82, 2.24) is 24.7 Å². The number of nitrogens with zero attached hydrogens (tertiary/aromatic N) is 9. The van der Waals surface area contributed by atoms with Gasteiger partial charge in [-0.3, -0.25) is 4.98 Å². The number of pyridine rings is 1. The van der Waals surface area contributed by atoms with Crippen molar-refractivity contribution in [3.63, 3.8) is 0 Å². The smallest absolute Gasteiger partial charge is 0.213 e. The molecule has 0 aliphatic heterocycles. The highest BCUT2D eigenvalue weighted by Crippen LogP contribution is 2.35. The summed E-state index contributed by atoms with van der Waals surface area (Å²) in [5.41, 5.74) is 1.53. The summed E-state index contributed by atoms with van der Waals surface area (Å²) in [4.78, 5) is 12.8. The fraction of sp³-hybridized carbons (Fsp3) is 0.391. The molecule has 13 nitrogen and oxygen atoms in total. The third-order valence-electron chi connectivity index (χ3n) is 5.01. The van der Waals surface area contributed by atoms with Crippen LogP contribution in [0.15, 0.2) is 35.0 Å². The summed E-state index contributed by atoms with van der Waals surface area (Å²) in [6.07, 6.45) is 7.58. The van der Waals surface area contributed by atoms with Crippen LogP contribution in [-0.2, 0) is 9.47 Å². The summed E-state index contributed by atoms with van der Waals surface area (Å²) < 4.78 is 11.6. The second-order valence-corrected chi connectivity index (χ2v) is 7.50. The molecule has 0 saturated carbocycles. The molecule has 13 heteroatoms. The Morgan fingerprint density at radius 3 is 2.33 bits per heavy atom. The lowest BCUT2D eigenvalue weighted by atomic mass is 10.1. The summed E-state index contributed by atoms with van der Waals surface area (Å²) in [5, 5.41) is 38.7. The normalized spacial score (nSPS) is 10.8. The summed E-state index contributed by atoms with van der Waals surface area (Å²) in [7, 11) is 3.28. The van der Waals surface area contributed by atoms with E-state index in [9.17, 15) is 10.5 Å². The van der Waals surface area contributed by atoms with Gasteiger partial charge in [-0.25, -0.2) is 14.6 Å². The van der Waals surface area contributed by atoms with E-state index in [1.165, 1.54) is 23.3 Å². The van der Waals surface area contributed by atoms with Crippen LogP contribution in [0, 0.1) is 29.6 Å². The number of aromatic nitrogens is 5. The van der Waals surface area contributed by atoms with Crippen molar-refractivity contribution < 1.29 is 9.47 Å². The van der Waals surface area contributed by atoms with Gasteiger partial charge in [0.25, 0.3) is 0 Å². The molecule has 0 aliphatic carbocycles. The molecule has 0 fully saturated rings. The monoisotopic (exact) mass is 489 g/mol. The minimum absolute atomic E-state index is 0.105. The Morgan fingerprint density at radius 1 is 1.00 bits per heavy atom. The summed E-state index contributed by atoms with van der Waals surface area (Å²) in [6.45, 7) is 4.10. The number of methoxy groups -OCH3 is 2. The number of nitriles is 2. The van der Waals surface area contributed by atoms with Gasteiger partial charge in [-0.1, -0.05) is 0 Å². The van der Waals surface area contributed by atoms with Gasteiger partial charge in [-0.15, -0.1) is 15.3 Å². The van der Waals surface area contributed by atoms with E-state index in [1.54, 1.807) is 27.3 Å². The van der Waals surface area contributed by atoms with Gasteiger partial charge < -0.3 is 20.1 Å². The van der Waals surface area contributed by atoms with Crippen molar-refractivity contribution >= 4 is 23.1 Å². The van der Waals surface area contributed by atoms with Gasteiger partial charge in [0.05, 0.1) is 18.0 Å². The molecule has 0 unspecified atom stereocenters. The highest BCUT2D eigenvalue weighted by molar-refractivity contribution is 5.74. The van der Waals surface area contributed by atoms with Crippen molar-refractivity contribution in [3.8, 4) is 18.0 Å². The highest BCUT2D eigenvalue weighted by atomic mass is 16.5. The SMILES string of the molecule is COCCCNc1nc(NCCCOC)c(/N=N/c2nn(-c3cnccn3)cc2C#N)c(C)c1C#N. The molecule has 3 aromatic rings. The van der Waals surface area contributed by atoms with Gasteiger partial charge in [0.2, 0.25) is 5.82 Å². The molecule has 0 aromatic carbocycles. The van der Waals surface area contributed by atoms with E-state index in [0.717, 1.165) is 12.8 Å². The molecule has 36 heavy (non-hydrogen) atoms. The van der Waals surface area contributed by atoms with Crippen LogP contribution in [0.4, 0.5) is 23.1 Å². The average molecular weight is 490 g/mol. The van der Waals surface area contributed by atoms with E-state index >= 15 is 0 Å². The zero-order valence-corrected chi connectivity index (χ0v) is 20.4. The number of nitrogens with one attached hydrogen (secondary N) is 2. The summed E-state index contributed by atoms with van der Waals surface area (Å²) in [5.74, 6) is 1.44. The average Bonchev–Trinajstić information content (AvgIpc) is 3.32. The topological polar surface area (TPSA) is 171 Å². The van der Waals surface area contributed by atoms with E-state index in [2.05, 4.69) is 53.1 Å². The Labute approximate surface area is 208 Å². The molecule has 0 spiro atoms. The molecule has 0 amide bonds. The minimum atomic E-state index is 0.105. The zero-order valence-electron chi connectivity index (χ0n) is 20.4. The quantitative estimate of drug-likeness (QED) is 0.268. The van der Waals surface area contributed by atoms with Crippen LogP contribution in [0.2, 0.25) is 0 Å². The maximum Gasteiger partial charge on any atom is 0.213 e. The Hall–Kier alpha value is -4.46. The molecule has 0 radical (unpaired) electrons. The van der Waals surface area contributed by atoms with Gasteiger partial charge in [-0.05, 0) is 19.8 Å². The van der Waals surface area contributed by atoms with E-state index in [4.69, 9.17) is 9.47 Å². The fourth-order valence-corrected chi connectivity index (χ4v) is 3.19. The third-order valence-corrected chi connectivity index (χ3v) is 5.01. The number of anilines is 2. The van der Waals surface area contributed by atoms with E-state index in [1.807, 2.05) is 0 Å². The maximum atomic E-state index is 9.82. The molecule has 3 heterocycles. The van der Waals surface area contributed by atoms with Crippen LogP contribution < -0.4 is 10.6 Å². The Kier molecular flexibility index (Phi) is 9.76. The molecule has 0 aliphatic rings. The highest BCUT2D eigenvalue weighted by Gasteiger charge is 2.18. The first-order chi connectivity index (χ1) is 17.6. The van der Waals surface area contributed by atoms with Crippen molar-refractivity contribution in [1.29, 1.82) is 10.5 Å². The third kappa shape index (κ3) is 6.56. The zero-order chi connectivity index (χ0) is 25.8. The second kappa shape index (κ2) is 13.4. The molecular formula is C23H27N11O2. The first kappa shape index (κ1) is 26.2. The van der Waals surface area contributed by atoms with Crippen molar-refractivity contribution in [2.45, 2.75) is 19.8 Å². The minimum Gasteiger partial charge on any atom is -0.385 e. The number of hydrogen-bond acceptors (Lipinski definition) is 12. The molecule has 186 valence electrons. The molecule has 2 N–H and O–H groups in total. The van der Waals surface area contributed by atoms with E-state index in [0.29, 0.717) is 60.6 Å². The number of azo groups is 1. The molecule has 3 rings (SSSR count). The van der Waals surface area contributed by atoms with Crippen molar-refractivity contribution in [2.75, 3.05) is 51.2 Å². The van der Waals surface area contributed by atoms with Gasteiger partial charge in [0.1, 0.15) is 29.2 Å². The van der Waals surface area contributed by atoms with Crippen LogP contribution in [-0.4, -0.2) is 65.3 Å². The fourth-order valence-electron chi connectivity index (χ4n) is 3.19. The standard InChI is InChI=1S/C23H27N11O2/c1-16-18(13-25)22(28-6-4-10-35-2)30-23(29-7-5-11-36-3)20(16)31-32-21-17(12-24)15-34(33-21)19-14-26-8-9-27-19/h8-9,14-15H,4-7,10-11H2,1-3H3,(H2,28,29,30)/b32-31+. The van der Waals surface area contributed by atoms with Gasteiger partial charge >= 0.3 is 0 Å². The molecule has 3 aromatic heterocycles. The van der Waals surface area contributed by atoms with E-state index < -0.39 is 0 Å². The lowest BCUT2D eigenvalue weighted by Crippen LogP contribution is -2.12. The largest absolute Gasteiger partial charge is 0.385 e. The molecular weight excluding hydrogens is 462 g/mol. The van der Waals surface area contributed by atoms with Crippen molar-refractivity contribution in [3.05, 3.63) is 41.5 Å². The van der Waals surface area contributed by atoms with Crippen LogP contribution in [0.5, 0.6) is 0 Å². The first-order valence-electron chi connectivity index (χ1n) is 11.2. The van der Waals surface area contributed by atoms with Crippen LogP contribution >= 0.6 is 0 Å². The number of ether oxygens (including phenoxy) is 2. The van der Waals surface area contributed by atoms with Crippen molar-refractivity contribution in [2.24, 2.45) is 10.2 Å². The van der Waals surface area contributed by atoms with Gasteiger partial charge in [0.15, 0.2) is 11.6 Å². The lowest BCUT2D eigenvalue weighted by Gasteiger charge is -2.15. The second-order valence-electron chi connectivity index (χ2n) is 7.50. The van der Waals surface area contributed by atoms with Crippen LogP contribution in [0.25, 0.3) is 5.82 Å². The number of rotatable bonds is 13. The van der Waals surface area contributed by atoms with Crippen LogP contribution in [0.1, 0.15) is 29.5 Å².